The van der Waals surface area contributed by atoms with Crippen LogP contribution in [0.3, 0.4) is 0 Å². The number of amides is 2. The minimum Gasteiger partial charge on any atom is -0.337 e. The van der Waals surface area contributed by atoms with E-state index in [0.717, 1.165) is 24.2 Å². The summed E-state index contributed by atoms with van der Waals surface area (Å²) in [5.41, 5.74) is 4.28. The zero-order chi connectivity index (χ0) is 19.8. The average molecular weight is 408 g/mol. The average Bonchev–Trinajstić information content (AvgIpc) is 3.52. The molecule has 0 radical (unpaired) electrons. The third-order valence-electron chi connectivity index (χ3n) is 5.78. The van der Waals surface area contributed by atoms with Crippen LogP contribution in [0.1, 0.15) is 28.9 Å². The number of likely N-dealkylation sites (tertiary alicyclic amines) is 2. The van der Waals surface area contributed by atoms with Crippen molar-refractivity contribution in [1.29, 1.82) is 0 Å². The Morgan fingerprint density at radius 1 is 1.21 bits per heavy atom. The second-order valence-electron chi connectivity index (χ2n) is 7.36. The molecule has 2 fully saturated rings. The summed E-state index contributed by atoms with van der Waals surface area (Å²) in [4.78, 5) is 34.0. The largest absolute Gasteiger partial charge is 0.337 e. The van der Waals surface area contributed by atoms with Crippen molar-refractivity contribution in [2.24, 2.45) is 0 Å². The highest BCUT2D eigenvalue weighted by Gasteiger charge is 2.48. The smallest absolute Gasteiger partial charge is 0.254 e. The highest BCUT2D eigenvalue weighted by molar-refractivity contribution is 7.07. The number of benzene rings is 1. The van der Waals surface area contributed by atoms with Gasteiger partial charge in [-0.25, -0.2) is 4.98 Å². The molecule has 2 saturated heterocycles. The Balaban J connectivity index is 1.31. The van der Waals surface area contributed by atoms with Crippen molar-refractivity contribution >= 4 is 23.2 Å². The van der Waals surface area contributed by atoms with Gasteiger partial charge in [-0.2, -0.15) is 0 Å². The van der Waals surface area contributed by atoms with E-state index in [4.69, 9.17) is 0 Å². The van der Waals surface area contributed by atoms with Gasteiger partial charge in [0.1, 0.15) is 12.7 Å². The first-order valence-electron chi connectivity index (χ1n) is 9.63. The van der Waals surface area contributed by atoms with Crippen LogP contribution < -0.4 is 0 Å². The molecule has 0 bridgehead atoms. The van der Waals surface area contributed by atoms with Crippen molar-refractivity contribution in [1.82, 2.24) is 29.5 Å². The molecule has 3 aromatic rings. The molecule has 2 unspecified atom stereocenters. The van der Waals surface area contributed by atoms with Crippen LogP contribution in [0.5, 0.6) is 0 Å². The Hall–Kier alpha value is -3.07. The number of hydrogen-bond acceptors (Lipinski definition) is 6. The van der Waals surface area contributed by atoms with Gasteiger partial charge in [0.2, 0.25) is 5.91 Å². The first kappa shape index (κ1) is 18.0. The van der Waals surface area contributed by atoms with Crippen LogP contribution in [-0.4, -0.2) is 66.5 Å². The van der Waals surface area contributed by atoms with E-state index in [-0.39, 0.29) is 23.9 Å². The van der Waals surface area contributed by atoms with E-state index < -0.39 is 0 Å². The zero-order valence-corrected chi connectivity index (χ0v) is 16.5. The number of aromatic nitrogens is 4. The molecule has 2 aliphatic heterocycles. The molecule has 5 rings (SSSR count). The maximum Gasteiger partial charge on any atom is 0.254 e. The lowest BCUT2D eigenvalue weighted by atomic mass is 10.1. The number of rotatable bonds is 5. The van der Waals surface area contributed by atoms with E-state index >= 15 is 0 Å². The van der Waals surface area contributed by atoms with E-state index in [2.05, 4.69) is 15.2 Å². The Kier molecular flexibility index (Phi) is 4.59. The molecule has 0 saturated carbocycles. The zero-order valence-electron chi connectivity index (χ0n) is 15.7. The predicted octanol–water partition coefficient (Wildman–Crippen LogP) is 1.78. The maximum atomic E-state index is 13.2. The number of carbonyl (C=O) groups excluding carboxylic acids is 2. The van der Waals surface area contributed by atoms with Crippen molar-refractivity contribution in [3.05, 3.63) is 59.1 Å². The standard InChI is InChI=1S/C20H20N6O2S/c27-19-9-18-17(25(19)6-4-15-10-29-13-21-15)5-7-26(18)20(28)14-2-1-3-16(8-14)24-11-22-23-12-24/h1-3,8,10-13,17-18H,4-7,9H2. The van der Waals surface area contributed by atoms with Gasteiger partial charge in [-0.15, -0.1) is 21.5 Å². The first-order valence-corrected chi connectivity index (χ1v) is 10.6. The van der Waals surface area contributed by atoms with Crippen LogP contribution in [0.2, 0.25) is 0 Å². The third-order valence-corrected chi connectivity index (χ3v) is 6.41. The lowest BCUT2D eigenvalue weighted by molar-refractivity contribution is -0.129. The van der Waals surface area contributed by atoms with Crippen LogP contribution in [0.15, 0.2) is 47.8 Å². The number of fused-ring (bicyclic) bond motifs is 1. The molecule has 0 N–H and O–H groups in total. The molecular weight excluding hydrogens is 388 g/mol. The predicted molar refractivity (Wildman–Crippen MR) is 107 cm³/mol. The highest BCUT2D eigenvalue weighted by Crippen LogP contribution is 2.33. The van der Waals surface area contributed by atoms with Crippen molar-refractivity contribution < 1.29 is 9.59 Å². The van der Waals surface area contributed by atoms with Crippen molar-refractivity contribution in [2.45, 2.75) is 31.3 Å². The fraction of sp³-hybridized carbons (Fsp3) is 0.350. The Morgan fingerprint density at radius 3 is 2.86 bits per heavy atom. The van der Waals surface area contributed by atoms with Gasteiger partial charge in [0, 0.05) is 42.6 Å². The van der Waals surface area contributed by atoms with Gasteiger partial charge in [-0.1, -0.05) is 6.07 Å². The summed E-state index contributed by atoms with van der Waals surface area (Å²) < 4.78 is 1.77. The fourth-order valence-corrected chi connectivity index (χ4v) is 4.96. The van der Waals surface area contributed by atoms with E-state index in [0.29, 0.717) is 25.1 Å². The summed E-state index contributed by atoms with van der Waals surface area (Å²) in [6.07, 6.45) is 5.19. The van der Waals surface area contributed by atoms with E-state index in [9.17, 15) is 9.59 Å². The van der Waals surface area contributed by atoms with Gasteiger partial charge in [0.15, 0.2) is 0 Å². The normalized spacial score (nSPS) is 21.0. The number of hydrogen-bond donors (Lipinski definition) is 0. The van der Waals surface area contributed by atoms with Gasteiger partial charge in [-0.05, 0) is 24.6 Å². The molecule has 1 aromatic carbocycles. The summed E-state index contributed by atoms with van der Waals surface area (Å²) in [6, 6.07) is 7.48. The monoisotopic (exact) mass is 408 g/mol. The maximum absolute atomic E-state index is 13.2. The molecule has 0 aliphatic carbocycles. The molecule has 2 amide bonds. The number of thiazole rings is 1. The molecule has 4 heterocycles. The third kappa shape index (κ3) is 3.31. The lowest BCUT2D eigenvalue weighted by Crippen LogP contribution is -2.40. The Bertz CT molecular complexity index is 1020. The second-order valence-corrected chi connectivity index (χ2v) is 8.08. The van der Waals surface area contributed by atoms with E-state index in [1.165, 1.54) is 0 Å². The minimum atomic E-state index is -0.0519. The molecule has 8 nitrogen and oxygen atoms in total. The highest BCUT2D eigenvalue weighted by atomic mass is 32.1. The van der Waals surface area contributed by atoms with Crippen molar-refractivity contribution in [2.75, 3.05) is 13.1 Å². The Morgan fingerprint density at radius 2 is 2.07 bits per heavy atom. The summed E-state index contributed by atoms with van der Waals surface area (Å²) in [5.74, 6) is 0.104. The minimum absolute atomic E-state index is 0.0263. The molecule has 29 heavy (non-hydrogen) atoms. The lowest BCUT2D eigenvalue weighted by Gasteiger charge is -2.25. The van der Waals surface area contributed by atoms with Crippen molar-refractivity contribution in [3.63, 3.8) is 0 Å². The van der Waals surface area contributed by atoms with Crippen molar-refractivity contribution in [3.8, 4) is 5.69 Å². The number of carbonyl (C=O) groups is 2. The van der Waals surface area contributed by atoms with Gasteiger partial charge in [-0.3, -0.25) is 14.2 Å². The summed E-state index contributed by atoms with van der Waals surface area (Å²) in [5, 5.41) is 9.65. The summed E-state index contributed by atoms with van der Waals surface area (Å²) in [7, 11) is 0. The van der Waals surface area contributed by atoms with Gasteiger partial charge in [0.05, 0.1) is 23.3 Å². The molecule has 9 heteroatoms. The molecule has 2 aromatic heterocycles. The topological polar surface area (TPSA) is 84.2 Å². The molecule has 0 spiro atoms. The molecule has 2 aliphatic rings. The quantitative estimate of drug-likeness (QED) is 0.643. The van der Waals surface area contributed by atoms with Crippen LogP contribution in [0.4, 0.5) is 0 Å². The van der Waals surface area contributed by atoms with E-state index in [1.54, 1.807) is 28.6 Å². The summed E-state index contributed by atoms with van der Waals surface area (Å²) in [6.45, 7) is 1.33. The molecule has 2 atom stereocenters. The fourth-order valence-electron chi connectivity index (χ4n) is 4.37. The molecule has 148 valence electrons. The van der Waals surface area contributed by atoms with Crippen LogP contribution in [0.25, 0.3) is 5.69 Å². The van der Waals surface area contributed by atoms with Crippen LogP contribution in [0, 0.1) is 0 Å². The second kappa shape index (κ2) is 7.40. The number of nitrogens with zero attached hydrogens (tertiary/aromatic N) is 6. The molecular formula is C20H20N6O2S. The SMILES string of the molecule is O=C1CC2C(CCN2C(=O)c2cccc(-n3cnnc3)c2)N1CCc1cscn1. The first-order chi connectivity index (χ1) is 14.2. The van der Waals surface area contributed by atoms with Gasteiger partial charge in [0.25, 0.3) is 5.91 Å². The summed E-state index contributed by atoms with van der Waals surface area (Å²) >= 11 is 1.57. The van der Waals surface area contributed by atoms with Crippen LogP contribution in [-0.2, 0) is 11.2 Å². The Labute approximate surface area is 171 Å². The van der Waals surface area contributed by atoms with Gasteiger partial charge < -0.3 is 9.80 Å². The van der Waals surface area contributed by atoms with Crippen LogP contribution >= 0.6 is 11.3 Å². The van der Waals surface area contributed by atoms with E-state index in [1.807, 2.05) is 45.0 Å². The van der Waals surface area contributed by atoms with Gasteiger partial charge >= 0.3 is 0 Å².